The summed E-state index contributed by atoms with van der Waals surface area (Å²) in [5.74, 6) is 3.18. The van der Waals surface area contributed by atoms with Gasteiger partial charge in [0.2, 0.25) is 5.91 Å². The lowest BCUT2D eigenvalue weighted by Crippen LogP contribution is -2.49. The molecule has 1 amide bonds. The van der Waals surface area contributed by atoms with E-state index >= 15 is 0 Å². The van der Waals surface area contributed by atoms with Gasteiger partial charge in [0.05, 0.1) is 5.39 Å². The molecule has 158 valence electrons. The topological polar surface area (TPSA) is 49.3 Å². The van der Waals surface area contributed by atoms with E-state index in [0.29, 0.717) is 24.2 Å². The van der Waals surface area contributed by atoms with Gasteiger partial charge in [-0.15, -0.1) is 11.3 Å². The highest BCUT2D eigenvalue weighted by Gasteiger charge is 2.28. The van der Waals surface area contributed by atoms with Crippen LogP contribution in [0.5, 0.6) is 0 Å². The zero-order chi connectivity index (χ0) is 20.5. The number of fused-ring (bicyclic) bond motifs is 3. The minimum absolute atomic E-state index is 0.292. The summed E-state index contributed by atoms with van der Waals surface area (Å²) in [5.41, 5.74) is 1.50. The van der Waals surface area contributed by atoms with E-state index in [-0.39, 0.29) is 0 Å². The van der Waals surface area contributed by atoms with Gasteiger partial charge in [-0.2, -0.15) is 0 Å². The van der Waals surface area contributed by atoms with E-state index in [1.165, 1.54) is 39.9 Å². The molecule has 1 atom stereocenters. The highest BCUT2D eigenvalue weighted by molar-refractivity contribution is 7.19. The van der Waals surface area contributed by atoms with Crippen molar-refractivity contribution in [2.45, 2.75) is 72.1 Å². The van der Waals surface area contributed by atoms with Crippen molar-refractivity contribution in [1.29, 1.82) is 0 Å². The summed E-state index contributed by atoms with van der Waals surface area (Å²) >= 11 is 1.89. The number of aromatic nitrogens is 2. The fraction of sp³-hybridized carbons (Fsp3) is 0.696. The van der Waals surface area contributed by atoms with E-state index in [4.69, 9.17) is 9.97 Å². The SMILES string of the molecule is CCC(C)c1nc(N2CCN(C(=O)CC(C)C)CC2)c2c3c(sc2n1)CCCC3. The molecule has 29 heavy (non-hydrogen) atoms. The molecular weight excluding hydrogens is 380 g/mol. The van der Waals surface area contributed by atoms with Gasteiger partial charge in [0.15, 0.2) is 0 Å². The molecule has 0 saturated carbocycles. The Hall–Kier alpha value is -1.69. The number of anilines is 1. The predicted molar refractivity (Wildman–Crippen MR) is 121 cm³/mol. The molecule has 2 aliphatic rings. The summed E-state index contributed by atoms with van der Waals surface area (Å²) in [6.07, 6.45) is 6.59. The summed E-state index contributed by atoms with van der Waals surface area (Å²) in [4.78, 5) is 29.7. The number of hydrogen-bond acceptors (Lipinski definition) is 5. The summed E-state index contributed by atoms with van der Waals surface area (Å²) in [7, 11) is 0. The average molecular weight is 415 g/mol. The highest BCUT2D eigenvalue weighted by Crippen LogP contribution is 2.40. The quantitative estimate of drug-likeness (QED) is 0.707. The first kappa shape index (κ1) is 20.6. The van der Waals surface area contributed by atoms with E-state index < -0.39 is 0 Å². The van der Waals surface area contributed by atoms with Crippen LogP contribution in [0.15, 0.2) is 0 Å². The first-order valence-corrected chi connectivity index (χ1v) is 12.1. The molecule has 0 radical (unpaired) electrons. The zero-order valence-corrected chi connectivity index (χ0v) is 19.1. The lowest BCUT2D eigenvalue weighted by Gasteiger charge is -2.36. The lowest BCUT2D eigenvalue weighted by atomic mass is 9.96. The van der Waals surface area contributed by atoms with Crippen molar-refractivity contribution in [2.75, 3.05) is 31.1 Å². The number of rotatable bonds is 5. The van der Waals surface area contributed by atoms with Crippen LogP contribution < -0.4 is 4.90 Å². The summed E-state index contributed by atoms with van der Waals surface area (Å²) in [6, 6.07) is 0. The molecule has 2 aromatic heterocycles. The minimum Gasteiger partial charge on any atom is -0.352 e. The molecule has 0 aromatic carbocycles. The Kier molecular flexibility index (Phi) is 6.09. The van der Waals surface area contributed by atoms with Crippen molar-refractivity contribution in [3.05, 3.63) is 16.3 Å². The number of piperazine rings is 1. The second-order valence-corrected chi connectivity index (χ2v) is 10.2. The van der Waals surface area contributed by atoms with Crippen molar-refractivity contribution in [3.8, 4) is 0 Å². The van der Waals surface area contributed by atoms with Gasteiger partial charge >= 0.3 is 0 Å². The number of nitrogens with zero attached hydrogens (tertiary/aromatic N) is 4. The molecule has 3 heterocycles. The van der Waals surface area contributed by atoms with Gasteiger partial charge in [0.25, 0.3) is 0 Å². The monoisotopic (exact) mass is 414 g/mol. The van der Waals surface area contributed by atoms with Gasteiger partial charge in [-0.05, 0) is 43.6 Å². The zero-order valence-electron chi connectivity index (χ0n) is 18.3. The second-order valence-electron chi connectivity index (χ2n) is 9.07. The molecule has 6 heteroatoms. The van der Waals surface area contributed by atoms with Crippen LogP contribution in [-0.2, 0) is 17.6 Å². The van der Waals surface area contributed by atoms with Crippen molar-refractivity contribution in [2.24, 2.45) is 5.92 Å². The van der Waals surface area contributed by atoms with Crippen molar-refractivity contribution in [1.82, 2.24) is 14.9 Å². The molecule has 1 fully saturated rings. The number of hydrogen-bond donors (Lipinski definition) is 0. The summed E-state index contributed by atoms with van der Waals surface area (Å²) in [6.45, 7) is 12.0. The minimum atomic E-state index is 0.292. The highest BCUT2D eigenvalue weighted by atomic mass is 32.1. The second kappa shape index (κ2) is 8.58. The first-order valence-electron chi connectivity index (χ1n) is 11.3. The van der Waals surface area contributed by atoms with Crippen LogP contribution in [0.1, 0.15) is 75.6 Å². The van der Waals surface area contributed by atoms with Crippen LogP contribution >= 0.6 is 11.3 Å². The van der Waals surface area contributed by atoms with Crippen LogP contribution in [0.3, 0.4) is 0 Å². The first-order chi connectivity index (χ1) is 14.0. The molecule has 0 spiro atoms. The Bertz CT molecular complexity index is 883. The number of thiophene rings is 1. The number of aryl methyl sites for hydroxylation is 2. The Balaban J connectivity index is 1.65. The molecule has 5 nitrogen and oxygen atoms in total. The Morgan fingerprint density at radius 1 is 1.07 bits per heavy atom. The van der Waals surface area contributed by atoms with Gasteiger partial charge in [0, 0.05) is 43.4 Å². The molecule has 0 bridgehead atoms. The Morgan fingerprint density at radius 2 is 1.79 bits per heavy atom. The fourth-order valence-electron chi connectivity index (χ4n) is 4.43. The maximum Gasteiger partial charge on any atom is 0.222 e. The van der Waals surface area contributed by atoms with Crippen molar-refractivity contribution < 1.29 is 4.79 Å². The van der Waals surface area contributed by atoms with Gasteiger partial charge in [-0.1, -0.05) is 27.7 Å². The summed E-state index contributed by atoms with van der Waals surface area (Å²) in [5, 5.41) is 1.30. The smallest absolute Gasteiger partial charge is 0.222 e. The number of amides is 1. The van der Waals surface area contributed by atoms with E-state index in [2.05, 4.69) is 32.6 Å². The van der Waals surface area contributed by atoms with Crippen LogP contribution in [0.2, 0.25) is 0 Å². The molecule has 2 aromatic rings. The average Bonchev–Trinajstić information content (AvgIpc) is 3.10. The Labute approximate surface area is 178 Å². The molecule has 1 unspecified atom stereocenters. The lowest BCUT2D eigenvalue weighted by molar-refractivity contribution is -0.132. The molecule has 1 aliphatic carbocycles. The van der Waals surface area contributed by atoms with Crippen LogP contribution in [0.4, 0.5) is 5.82 Å². The number of carbonyl (C=O) groups is 1. The third kappa shape index (κ3) is 4.14. The largest absolute Gasteiger partial charge is 0.352 e. The normalized spacial score (nSPS) is 18.4. The molecule has 4 rings (SSSR count). The van der Waals surface area contributed by atoms with E-state index in [1.54, 1.807) is 0 Å². The summed E-state index contributed by atoms with van der Waals surface area (Å²) < 4.78 is 0. The Morgan fingerprint density at radius 3 is 2.48 bits per heavy atom. The van der Waals surface area contributed by atoms with Gasteiger partial charge < -0.3 is 9.80 Å². The van der Waals surface area contributed by atoms with Crippen LogP contribution in [0.25, 0.3) is 10.2 Å². The molecule has 1 saturated heterocycles. The van der Waals surface area contributed by atoms with Gasteiger partial charge in [0.1, 0.15) is 16.5 Å². The maximum absolute atomic E-state index is 12.5. The van der Waals surface area contributed by atoms with Crippen molar-refractivity contribution >= 4 is 33.3 Å². The van der Waals surface area contributed by atoms with E-state index in [1.807, 2.05) is 16.2 Å². The van der Waals surface area contributed by atoms with Crippen LogP contribution in [0, 0.1) is 5.92 Å². The molecule has 0 N–H and O–H groups in total. The molecule has 1 aliphatic heterocycles. The van der Waals surface area contributed by atoms with E-state index in [0.717, 1.165) is 50.7 Å². The third-order valence-electron chi connectivity index (χ3n) is 6.38. The van der Waals surface area contributed by atoms with Crippen LogP contribution in [-0.4, -0.2) is 47.0 Å². The standard InChI is InChI=1S/C23H34N4OS/c1-5-16(4)21-24-22(20-17-8-6-7-9-18(17)29-23(20)25-21)27-12-10-26(11-13-27)19(28)14-15(2)3/h15-16H,5-14H2,1-4H3. The number of carbonyl (C=O) groups excluding carboxylic acids is 1. The van der Waals surface area contributed by atoms with Gasteiger partial charge in [-0.25, -0.2) is 9.97 Å². The fourth-order valence-corrected chi connectivity index (χ4v) is 5.69. The van der Waals surface area contributed by atoms with Crippen molar-refractivity contribution in [3.63, 3.8) is 0 Å². The maximum atomic E-state index is 12.5. The van der Waals surface area contributed by atoms with Gasteiger partial charge in [-0.3, -0.25) is 4.79 Å². The third-order valence-corrected chi connectivity index (χ3v) is 7.57. The molecular formula is C23H34N4OS. The predicted octanol–water partition coefficient (Wildman–Crippen LogP) is 4.78. The van der Waals surface area contributed by atoms with E-state index in [9.17, 15) is 4.79 Å².